The van der Waals surface area contributed by atoms with Crippen LogP contribution in [0.4, 0.5) is 5.69 Å². The molecule has 0 fully saturated rings. The summed E-state index contributed by atoms with van der Waals surface area (Å²) in [5.41, 5.74) is 0.562. The van der Waals surface area contributed by atoms with Crippen LogP contribution >= 0.6 is 11.6 Å². The van der Waals surface area contributed by atoms with E-state index in [1.165, 1.54) is 56.5 Å². The lowest BCUT2D eigenvalue weighted by molar-refractivity contribution is -0.148. The number of carbonyl (C=O) groups excluding carboxylic acids is 2. The first-order valence-corrected chi connectivity index (χ1v) is 10.3. The highest BCUT2D eigenvalue weighted by Crippen LogP contribution is 2.20. The monoisotopic (exact) mass is 451 g/mol. The van der Waals surface area contributed by atoms with E-state index in [0.717, 1.165) is 0 Å². The molecule has 0 radical (unpaired) electrons. The molecular formula is C19H18ClN3O6S. The Morgan fingerprint density at radius 3 is 2.43 bits per heavy atom. The molecule has 158 valence electrons. The lowest BCUT2D eigenvalue weighted by Crippen LogP contribution is -2.40. The standard InChI is InChI=1S/C19H18ClN3O6S/c1-12(23-30(26,27)16-7-5-15(28-2)6-8-16)19(25)29-11-18(24)22-14-4-3-13(10-21)17(20)9-14/h3-9,12,23H,11H2,1-2H3,(H,22,24). The number of nitriles is 1. The molecule has 1 unspecified atom stereocenters. The van der Waals surface area contributed by atoms with Crippen molar-refractivity contribution in [2.45, 2.75) is 17.9 Å². The topological polar surface area (TPSA) is 135 Å². The predicted molar refractivity (Wildman–Crippen MR) is 109 cm³/mol. The van der Waals surface area contributed by atoms with Crippen LogP contribution in [0.2, 0.25) is 5.02 Å². The number of methoxy groups -OCH3 is 1. The van der Waals surface area contributed by atoms with Gasteiger partial charge in [-0.2, -0.15) is 9.98 Å². The van der Waals surface area contributed by atoms with Gasteiger partial charge >= 0.3 is 5.97 Å². The van der Waals surface area contributed by atoms with Crippen LogP contribution in [0.25, 0.3) is 0 Å². The molecule has 2 aromatic carbocycles. The molecule has 1 amide bonds. The van der Waals surface area contributed by atoms with Gasteiger partial charge in [-0.15, -0.1) is 0 Å². The van der Waals surface area contributed by atoms with E-state index < -0.39 is 34.5 Å². The fraction of sp³-hybridized carbons (Fsp3) is 0.211. The van der Waals surface area contributed by atoms with Gasteiger partial charge < -0.3 is 14.8 Å². The second kappa shape index (κ2) is 10.1. The van der Waals surface area contributed by atoms with Crippen LogP contribution in [0.5, 0.6) is 5.75 Å². The fourth-order valence-corrected chi connectivity index (χ4v) is 3.66. The summed E-state index contributed by atoms with van der Waals surface area (Å²) in [4.78, 5) is 23.9. The molecule has 0 aliphatic carbocycles. The zero-order chi connectivity index (χ0) is 22.3. The highest BCUT2D eigenvalue weighted by Gasteiger charge is 2.23. The van der Waals surface area contributed by atoms with Crippen molar-refractivity contribution in [2.24, 2.45) is 0 Å². The van der Waals surface area contributed by atoms with Gasteiger partial charge in [0, 0.05) is 5.69 Å². The number of esters is 1. The fourth-order valence-electron chi connectivity index (χ4n) is 2.25. The first-order chi connectivity index (χ1) is 14.2. The summed E-state index contributed by atoms with van der Waals surface area (Å²) in [5.74, 6) is -1.11. The third-order valence-corrected chi connectivity index (χ3v) is 5.64. The number of ether oxygens (including phenoxy) is 2. The summed E-state index contributed by atoms with van der Waals surface area (Å²) in [7, 11) is -2.53. The normalized spacial score (nSPS) is 11.8. The number of hydrogen-bond acceptors (Lipinski definition) is 7. The van der Waals surface area contributed by atoms with Crippen molar-refractivity contribution in [1.29, 1.82) is 5.26 Å². The number of rotatable bonds is 8. The van der Waals surface area contributed by atoms with Crippen molar-refractivity contribution in [2.75, 3.05) is 19.0 Å². The van der Waals surface area contributed by atoms with Gasteiger partial charge in [-0.3, -0.25) is 9.59 Å². The lowest BCUT2D eigenvalue weighted by atomic mass is 10.2. The summed E-state index contributed by atoms with van der Waals surface area (Å²) < 4.78 is 36.7. The molecule has 0 spiro atoms. The lowest BCUT2D eigenvalue weighted by Gasteiger charge is -2.14. The van der Waals surface area contributed by atoms with Crippen molar-refractivity contribution >= 4 is 39.2 Å². The summed E-state index contributed by atoms with van der Waals surface area (Å²) in [6, 6.07) is 10.5. The molecule has 0 aliphatic rings. The minimum absolute atomic E-state index is 0.0570. The Kier molecular flexibility index (Phi) is 7.77. The van der Waals surface area contributed by atoms with Gasteiger partial charge in [0.05, 0.1) is 22.6 Å². The van der Waals surface area contributed by atoms with E-state index in [1.54, 1.807) is 0 Å². The van der Waals surface area contributed by atoms with Gasteiger partial charge in [-0.05, 0) is 49.4 Å². The average Bonchev–Trinajstić information content (AvgIpc) is 2.71. The SMILES string of the molecule is COc1ccc(S(=O)(=O)NC(C)C(=O)OCC(=O)Nc2ccc(C#N)c(Cl)c2)cc1. The molecule has 11 heteroatoms. The number of sulfonamides is 1. The first-order valence-electron chi connectivity index (χ1n) is 8.49. The van der Waals surface area contributed by atoms with E-state index in [4.69, 9.17) is 26.3 Å². The molecule has 2 N–H and O–H groups in total. The van der Waals surface area contributed by atoms with Gasteiger partial charge in [0.15, 0.2) is 6.61 Å². The van der Waals surface area contributed by atoms with Gasteiger partial charge in [0.25, 0.3) is 5.91 Å². The number of halogens is 1. The van der Waals surface area contributed by atoms with Gasteiger partial charge in [0.1, 0.15) is 17.9 Å². The van der Waals surface area contributed by atoms with Gasteiger partial charge in [-0.25, -0.2) is 8.42 Å². The number of hydrogen-bond donors (Lipinski definition) is 2. The minimum Gasteiger partial charge on any atom is -0.497 e. The smallest absolute Gasteiger partial charge is 0.324 e. The summed E-state index contributed by atoms with van der Waals surface area (Å²) in [6.45, 7) is 0.659. The Bertz CT molecular complexity index is 1080. The van der Waals surface area contributed by atoms with Crippen LogP contribution in [0.3, 0.4) is 0 Å². The molecule has 30 heavy (non-hydrogen) atoms. The van der Waals surface area contributed by atoms with E-state index in [9.17, 15) is 18.0 Å². The van der Waals surface area contributed by atoms with Crippen molar-refractivity contribution < 1.29 is 27.5 Å². The third-order valence-electron chi connectivity index (χ3n) is 3.77. The van der Waals surface area contributed by atoms with Crippen molar-refractivity contribution in [3.63, 3.8) is 0 Å². The maximum absolute atomic E-state index is 12.3. The Balaban J connectivity index is 1.89. The Morgan fingerprint density at radius 1 is 1.20 bits per heavy atom. The molecule has 0 aromatic heterocycles. The number of nitrogens with zero attached hydrogens (tertiary/aromatic N) is 1. The maximum atomic E-state index is 12.3. The van der Waals surface area contributed by atoms with E-state index in [1.807, 2.05) is 6.07 Å². The quantitative estimate of drug-likeness (QED) is 0.586. The number of carbonyl (C=O) groups is 2. The van der Waals surface area contributed by atoms with Crippen LogP contribution in [0, 0.1) is 11.3 Å². The Hall–Kier alpha value is -3.13. The predicted octanol–water partition coefficient (Wildman–Crippen LogP) is 2.07. The summed E-state index contributed by atoms with van der Waals surface area (Å²) in [6.07, 6.45) is 0. The van der Waals surface area contributed by atoms with Crippen LogP contribution in [0.1, 0.15) is 12.5 Å². The number of nitrogens with one attached hydrogen (secondary N) is 2. The second-order valence-corrected chi connectivity index (χ2v) is 8.10. The maximum Gasteiger partial charge on any atom is 0.324 e. The van der Waals surface area contributed by atoms with E-state index >= 15 is 0 Å². The molecule has 0 aliphatic heterocycles. The zero-order valence-electron chi connectivity index (χ0n) is 16.0. The molecule has 1 atom stereocenters. The Morgan fingerprint density at radius 2 is 1.87 bits per heavy atom. The molecule has 2 aromatic rings. The highest BCUT2D eigenvalue weighted by atomic mass is 35.5. The largest absolute Gasteiger partial charge is 0.497 e. The Labute approximate surface area is 178 Å². The molecule has 9 nitrogen and oxygen atoms in total. The number of anilines is 1. The molecule has 0 saturated heterocycles. The number of benzene rings is 2. The molecule has 2 rings (SSSR count). The van der Waals surface area contributed by atoms with Crippen LogP contribution in [-0.2, 0) is 24.3 Å². The molecule has 0 saturated carbocycles. The van der Waals surface area contributed by atoms with Gasteiger partial charge in [-0.1, -0.05) is 11.6 Å². The minimum atomic E-state index is -3.98. The van der Waals surface area contributed by atoms with E-state index in [0.29, 0.717) is 11.4 Å². The first kappa shape index (κ1) is 23.2. The molecule has 0 bridgehead atoms. The van der Waals surface area contributed by atoms with Crippen LogP contribution in [0.15, 0.2) is 47.4 Å². The third kappa shape index (κ3) is 6.18. The van der Waals surface area contributed by atoms with E-state index in [2.05, 4.69) is 10.0 Å². The van der Waals surface area contributed by atoms with Crippen molar-refractivity contribution in [3.8, 4) is 11.8 Å². The van der Waals surface area contributed by atoms with Crippen LogP contribution in [-0.4, -0.2) is 40.1 Å². The molecular weight excluding hydrogens is 434 g/mol. The highest BCUT2D eigenvalue weighted by molar-refractivity contribution is 7.89. The van der Waals surface area contributed by atoms with Crippen LogP contribution < -0.4 is 14.8 Å². The summed E-state index contributed by atoms with van der Waals surface area (Å²) >= 11 is 5.88. The molecule has 0 heterocycles. The van der Waals surface area contributed by atoms with Crippen molar-refractivity contribution in [1.82, 2.24) is 4.72 Å². The zero-order valence-corrected chi connectivity index (χ0v) is 17.6. The second-order valence-electron chi connectivity index (χ2n) is 5.98. The summed E-state index contributed by atoms with van der Waals surface area (Å²) in [5, 5.41) is 11.4. The van der Waals surface area contributed by atoms with Crippen molar-refractivity contribution in [3.05, 3.63) is 53.1 Å². The average molecular weight is 452 g/mol. The van der Waals surface area contributed by atoms with E-state index in [-0.39, 0.29) is 15.5 Å². The number of amides is 1. The van der Waals surface area contributed by atoms with Gasteiger partial charge in [0.2, 0.25) is 10.0 Å².